The number of pyridine rings is 1. The lowest BCUT2D eigenvalue weighted by Gasteiger charge is -2.06. The van der Waals surface area contributed by atoms with Crippen molar-refractivity contribution < 1.29 is 4.79 Å². The number of hydrogen-bond acceptors (Lipinski definition) is 5. The molecule has 0 aliphatic rings. The second kappa shape index (κ2) is 7.00. The third-order valence-corrected chi connectivity index (χ3v) is 3.76. The molecule has 20 heavy (non-hydrogen) atoms. The normalized spacial score (nSPS) is 10.3. The number of nitrogens with one attached hydrogen (secondary N) is 2. The van der Waals surface area contributed by atoms with E-state index in [0.29, 0.717) is 12.2 Å². The van der Waals surface area contributed by atoms with Crippen molar-refractivity contribution in [3.05, 3.63) is 40.1 Å². The number of nitrogens with zero attached hydrogens (tertiary/aromatic N) is 2. The Hall–Kier alpha value is -1.95. The van der Waals surface area contributed by atoms with Gasteiger partial charge < -0.3 is 10.6 Å². The molecule has 2 N–H and O–H groups in total. The van der Waals surface area contributed by atoms with E-state index in [0.717, 1.165) is 29.2 Å². The summed E-state index contributed by atoms with van der Waals surface area (Å²) in [5.74, 6) is -0.167. The number of rotatable bonds is 6. The Bertz CT molecular complexity index is 565. The molecule has 0 atom stereocenters. The first-order chi connectivity index (χ1) is 9.70. The maximum Gasteiger partial charge on any atom is 0.270 e. The third kappa shape index (κ3) is 3.77. The van der Waals surface area contributed by atoms with Crippen molar-refractivity contribution in [2.45, 2.75) is 26.8 Å². The van der Waals surface area contributed by atoms with E-state index in [9.17, 15) is 4.79 Å². The van der Waals surface area contributed by atoms with Crippen molar-refractivity contribution in [1.29, 1.82) is 0 Å². The number of hydrogen-bond donors (Lipinski definition) is 2. The Morgan fingerprint density at radius 2 is 2.20 bits per heavy atom. The van der Waals surface area contributed by atoms with Crippen LogP contribution in [0, 0.1) is 6.92 Å². The molecule has 0 radical (unpaired) electrons. The lowest BCUT2D eigenvalue weighted by Crippen LogP contribution is -2.23. The molecule has 0 fully saturated rings. The van der Waals surface area contributed by atoms with Crippen molar-refractivity contribution >= 4 is 22.9 Å². The van der Waals surface area contributed by atoms with E-state index < -0.39 is 0 Å². The van der Waals surface area contributed by atoms with Gasteiger partial charge >= 0.3 is 0 Å². The number of amides is 1. The van der Waals surface area contributed by atoms with Crippen LogP contribution in [0.5, 0.6) is 0 Å². The van der Waals surface area contributed by atoms with E-state index in [-0.39, 0.29) is 5.91 Å². The summed E-state index contributed by atoms with van der Waals surface area (Å²) in [5, 5.41) is 6.07. The molecule has 0 aliphatic heterocycles. The number of thiazole rings is 1. The molecule has 0 saturated heterocycles. The van der Waals surface area contributed by atoms with Gasteiger partial charge in [-0.05, 0) is 25.5 Å². The smallest absolute Gasteiger partial charge is 0.270 e. The van der Waals surface area contributed by atoms with Crippen LogP contribution in [0.1, 0.15) is 34.4 Å². The minimum absolute atomic E-state index is 0.167. The highest BCUT2D eigenvalue weighted by Gasteiger charge is 2.08. The SMILES string of the molecule is CCCNc1ccc(C(=O)NCc2scnc2C)nc1. The fourth-order valence-corrected chi connectivity index (χ4v) is 2.37. The molecular weight excluding hydrogens is 272 g/mol. The highest BCUT2D eigenvalue weighted by molar-refractivity contribution is 7.09. The van der Waals surface area contributed by atoms with Gasteiger partial charge in [-0.25, -0.2) is 9.97 Å². The highest BCUT2D eigenvalue weighted by Crippen LogP contribution is 2.12. The molecule has 2 rings (SSSR count). The lowest BCUT2D eigenvalue weighted by atomic mass is 10.3. The number of carbonyl (C=O) groups excluding carboxylic acids is 1. The van der Waals surface area contributed by atoms with Crippen molar-refractivity contribution in [3.63, 3.8) is 0 Å². The summed E-state index contributed by atoms with van der Waals surface area (Å²) in [5.41, 5.74) is 4.10. The van der Waals surface area contributed by atoms with Crippen LogP contribution in [0.25, 0.3) is 0 Å². The molecule has 2 aromatic heterocycles. The summed E-state index contributed by atoms with van der Waals surface area (Å²) in [4.78, 5) is 21.4. The molecule has 2 heterocycles. The van der Waals surface area contributed by atoms with Crippen LogP contribution in [-0.4, -0.2) is 22.4 Å². The van der Waals surface area contributed by atoms with Gasteiger partial charge in [-0.15, -0.1) is 11.3 Å². The summed E-state index contributed by atoms with van der Waals surface area (Å²) in [7, 11) is 0. The number of aryl methyl sites for hydroxylation is 1. The van der Waals surface area contributed by atoms with Crippen LogP contribution in [0.2, 0.25) is 0 Å². The highest BCUT2D eigenvalue weighted by atomic mass is 32.1. The molecule has 0 bridgehead atoms. The van der Waals surface area contributed by atoms with Gasteiger partial charge in [-0.2, -0.15) is 0 Å². The zero-order chi connectivity index (χ0) is 14.4. The Morgan fingerprint density at radius 1 is 1.35 bits per heavy atom. The van der Waals surface area contributed by atoms with E-state index in [1.54, 1.807) is 29.1 Å². The molecule has 2 aromatic rings. The third-order valence-electron chi connectivity index (χ3n) is 2.83. The van der Waals surface area contributed by atoms with Gasteiger partial charge in [0, 0.05) is 11.4 Å². The van der Waals surface area contributed by atoms with Crippen LogP contribution in [0.3, 0.4) is 0 Å². The van der Waals surface area contributed by atoms with E-state index >= 15 is 0 Å². The van der Waals surface area contributed by atoms with Gasteiger partial charge in [0.25, 0.3) is 5.91 Å². The summed E-state index contributed by atoms with van der Waals surface area (Å²) >= 11 is 1.54. The second-order valence-corrected chi connectivity index (χ2v) is 5.34. The van der Waals surface area contributed by atoms with Gasteiger partial charge in [0.1, 0.15) is 5.69 Å². The quantitative estimate of drug-likeness (QED) is 0.858. The van der Waals surface area contributed by atoms with Gasteiger partial charge in [0.05, 0.1) is 29.6 Å². The summed E-state index contributed by atoms with van der Waals surface area (Å²) in [6.45, 7) is 5.43. The van der Waals surface area contributed by atoms with Crippen molar-refractivity contribution in [1.82, 2.24) is 15.3 Å². The zero-order valence-electron chi connectivity index (χ0n) is 11.6. The van der Waals surface area contributed by atoms with Crippen molar-refractivity contribution in [3.8, 4) is 0 Å². The Kier molecular flexibility index (Phi) is 5.06. The molecule has 0 aliphatic carbocycles. The van der Waals surface area contributed by atoms with E-state index in [1.165, 1.54) is 0 Å². The summed E-state index contributed by atoms with van der Waals surface area (Å²) < 4.78 is 0. The molecule has 0 spiro atoms. The van der Waals surface area contributed by atoms with E-state index in [1.807, 2.05) is 13.0 Å². The van der Waals surface area contributed by atoms with Crippen LogP contribution in [0.4, 0.5) is 5.69 Å². The average Bonchev–Trinajstić information content (AvgIpc) is 2.88. The second-order valence-electron chi connectivity index (χ2n) is 4.40. The summed E-state index contributed by atoms with van der Waals surface area (Å²) in [6, 6.07) is 3.60. The van der Waals surface area contributed by atoms with E-state index in [4.69, 9.17) is 0 Å². The Balaban J connectivity index is 1.90. The number of anilines is 1. The van der Waals surface area contributed by atoms with Gasteiger partial charge in [-0.3, -0.25) is 4.79 Å². The first kappa shape index (κ1) is 14.5. The fraction of sp³-hybridized carbons (Fsp3) is 0.357. The molecule has 6 heteroatoms. The summed E-state index contributed by atoms with van der Waals surface area (Å²) in [6.07, 6.45) is 2.74. The minimum Gasteiger partial charge on any atom is -0.384 e. The number of carbonyl (C=O) groups is 1. The first-order valence-corrected chi connectivity index (χ1v) is 7.45. The van der Waals surface area contributed by atoms with Crippen molar-refractivity contribution in [2.24, 2.45) is 0 Å². The largest absolute Gasteiger partial charge is 0.384 e. The van der Waals surface area contributed by atoms with E-state index in [2.05, 4.69) is 27.5 Å². The number of aromatic nitrogens is 2. The molecule has 1 amide bonds. The molecular formula is C14H18N4OS. The maximum atomic E-state index is 12.0. The molecule has 5 nitrogen and oxygen atoms in total. The van der Waals surface area contributed by atoms with Crippen LogP contribution >= 0.6 is 11.3 Å². The Labute approximate surface area is 122 Å². The molecule has 106 valence electrons. The van der Waals surface area contributed by atoms with Crippen LogP contribution < -0.4 is 10.6 Å². The predicted molar refractivity (Wildman–Crippen MR) is 81.0 cm³/mol. The average molecular weight is 290 g/mol. The minimum atomic E-state index is -0.167. The zero-order valence-corrected chi connectivity index (χ0v) is 12.5. The topological polar surface area (TPSA) is 66.9 Å². The van der Waals surface area contributed by atoms with Crippen molar-refractivity contribution in [2.75, 3.05) is 11.9 Å². The van der Waals surface area contributed by atoms with Crippen LogP contribution in [-0.2, 0) is 6.54 Å². The molecule has 0 aromatic carbocycles. The fourth-order valence-electron chi connectivity index (χ4n) is 1.65. The molecule has 0 unspecified atom stereocenters. The first-order valence-electron chi connectivity index (χ1n) is 6.57. The van der Waals surface area contributed by atoms with Gasteiger partial charge in [0.2, 0.25) is 0 Å². The lowest BCUT2D eigenvalue weighted by molar-refractivity contribution is 0.0946. The Morgan fingerprint density at radius 3 is 2.80 bits per heavy atom. The van der Waals surface area contributed by atoms with Gasteiger partial charge in [0.15, 0.2) is 0 Å². The predicted octanol–water partition coefficient (Wildman–Crippen LogP) is 2.60. The monoisotopic (exact) mass is 290 g/mol. The standard InChI is InChI=1S/C14H18N4OS/c1-3-6-15-11-4-5-12(16-7-11)14(19)17-8-13-10(2)18-9-20-13/h4-5,7,9,15H,3,6,8H2,1-2H3,(H,17,19). The van der Waals surface area contributed by atoms with Gasteiger partial charge in [-0.1, -0.05) is 6.92 Å². The maximum absolute atomic E-state index is 12.0. The molecule has 0 saturated carbocycles. The van der Waals surface area contributed by atoms with Crippen LogP contribution in [0.15, 0.2) is 23.8 Å².